The Hall–Kier alpha value is -1.28. The molecule has 0 aliphatic heterocycles. The van der Waals surface area contributed by atoms with Crippen molar-refractivity contribution in [3.63, 3.8) is 0 Å². The van der Waals surface area contributed by atoms with Crippen molar-refractivity contribution in [2.24, 2.45) is 5.73 Å². The van der Waals surface area contributed by atoms with Crippen LogP contribution in [0.1, 0.15) is 29.7 Å². The van der Waals surface area contributed by atoms with Gasteiger partial charge in [-0.3, -0.25) is 0 Å². The molecule has 2 heteroatoms. The number of para-hydroxylation sites is 1. The van der Waals surface area contributed by atoms with Crippen LogP contribution in [0.5, 0.6) is 0 Å². The van der Waals surface area contributed by atoms with Crippen LogP contribution in [-0.4, -0.2) is 11.5 Å². The number of benzene rings is 1. The Morgan fingerprint density at radius 3 is 2.94 bits per heavy atom. The topological polar surface area (TPSA) is 41.8 Å². The van der Waals surface area contributed by atoms with E-state index in [9.17, 15) is 0 Å². The Labute approximate surface area is 95.8 Å². The number of aromatic amines is 1. The predicted octanol–water partition coefficient (Wildman–Crippen LogP) is 2.55. The maximum atomic E-state index is 5.66. The monoisotopic (exact) mass is 214 g/mol. The Kier molecular flexibility index (Phi) is 2.44. The van der Waals surface area contributed by atoms with Gasteiger partial charge in [-0.2, -0.15) is 0 Å². The fourth-order valence-corrected chi connectivity index (χ4v) is 2.85. The van der Waals surface area contributed by atoms with Crippen LogP contribution in [0.2, 0.25) is 0 Å². The van der Waals surface area contributed by atoms with Crippen molar-refractivity contribution in [1.29, 1.82) is 0 Å². The molecule has 0 radical (unpaired) electrons. The second-order valence-corrected chi connectivity index (χ2v) is 4.67. The van der Waals surface area contributed by atoms with Crippen LogP contribution in [0.25, 0.3) is 10.9 Å². The molecule has 0 saturated heterocycles. The molecule has 84 valence electrons. The summed E-state index contributed by atoms with van der Waals surface area (Å²) in [7, 11) is 0. The lowest BCUT2D eigenvalue weighted by molar-refractivity contribution is 0.680. The number of aryl methyl sites for hydroxylation is 2. The molecule has 1 heterocycles. The smallest absolute Gasteiger partial charge is 0.0491 e. The average Bonchev–Trinajstić information content (AvgIpc) is 2.69. The minimum atomic E-state index is 0.725. The molecule has 0 bridgehead atoms. The highest BCUT2D eigenvalue weighted by molar-refractivity contribution is 5.87. The summed E-state index contributed by atoms with van der Waals surface area (Å²) in [6, 6.07) is 6.60. The zero-order valence-electron chi connectivity index (χ0n) is 9.55. The third-order valence-electron chi connectivity index (χ3n) is 3.63. The van der Waals surface area contributed by atoms with Gasteiger partial charge in [-0.05, 0) is 49.8 Å². The SMILES string of the molecule is NCCc1cccc2c3c([nH]c12)CCCC3. The summed E-state index contributed by atoms with van der Waals surface area (Å²) in [4.78, 5) is 3.61. The Balaban J connectivity index is 2.21. The van der Waals surface area contributed by atoms with E-state index in [1.54, 1.807) is 5.56 Å². The second kappa shape index (κ2) is 3.95. The molecule has 0 atom stereocenters. The lowest BCUT2D eigenvalue weighted by Gasteiger charge is -2.10. The zero-order valence-corrected chi connectivity index (χ0v) is 9.55. The maximum absolute atomic E-state index is 5.66. The van der Waals surface area contributed by atoms with E-state index in [0.717, 1.165) is 13.0 Å². The number of fused-ring (bicyclic) bond motifs is 3. The molecule has 2 nitrogen and oxygen atoms in total. The predicted molar refractivity (Wildman–Crippen MR) is 67.7 cm³/mol. The van der Waals surface area contributed by atoms with Crippen molar-refractivity contribution in [3.8, 4) is 0 Å². The Morgan fingerprint density at radius 2 is 2.06 bits per heavy atom. The van der Waals surface area contributed by atoms with Gasteiger partial charge in [0.05, 0.1) is 0 Å². The van der Waals surface area contributed by atoms with Crippen LogP contribution >= 0.6 is 0 Å². The van der Waals surface area contributed by atoms with Gasteiger partial charge in [0.15, 0.2) is 0 Å². The highest BCUT2D eigenvalue weighted by Crippen LogP contribution is 2.30. The van der Waals surface area contributed by atoms with Gasteiger partial charge in [-0.1, -0.05) is 18.2 Å². The molecule has 16 heavy (non-hydrogen) atoms. The molecular formula is C14H18N2. The van der Waals surface area contributed by atoms with Gasteiger partial charge in [-0.25, -0.2) is 0 Å². The summed E-state index contributed by atoms with van der Waals surface area (Å²) in [5, 5.41) is 1.43. The van der Waals surface area contributed by atoms with Crippen LogP contribution in [0.4, 0.5) is 0 Å². The third kappa shape index (κ3) is 1.45. The van der Waals surface area contributed by atoms with E-state index in [-0.39, 0.29) is 0 Å². The number of hydrogen-bond donors (Lipinski definition) is 2. The van der Waals surface area contributed by atoms with E-state index < -0.39 is 0 Å². The van der Waals surface area contributed by atoms with E-state index in [1.807, 2.05) is 0 Å². The summed E-state index contributed by atoms with van der Waals surface area (Å²) in [6.45, 7) is 0.725. The highest BCUT2D eigenvalue weighted by Gasteiger charge is 2.16. The number of nitrogens with two attached hydrogens (primary N) is 1. The van der Waals surface area contributed by atoms with Crippen molar-refractivity contribution in [3.05, 3.63) is 35.0 Å². The number of aromatic nitrogens is 1. The maximum Gasteiger partial charge on any atom is 0.0491 e. The fourth-order valence-electron chi connectivity index (χ4n) is 2.85. The molecule has 3 rings (SSSR count). The van der Waals surface area contributed by atoms with Crippen LogP contribution in [0.3, 0.4) is 0 Å². The molecule has 0 saturated carbocycles. The summed E-state index contributed by atoms with van der Waals surface area (Å²) in [6.07, 6.45) is 6.08. The summed E-state index contributed by atoms with van der Waals surface area (Å²) in [5.74, 6) is 0. The van der Waals surface area contributed by atoms with Gasteiger partial charge >= 0.3 is 0 Å². The van der Waals surface area contributed by atoms with E-state index in [1.165, 1.54) is 47.8 Å². The minimum absolute atomic E-state index is 0.725. The van der Waals surface area contributed by atoms with Gasteiger partial charge in [0.2, 0.25) is 0 Å². The van der Waals surface area contributed by atoms with Gasteiger partial charge < -0.3 is 10.7 Å². The largest absolute Gasteiger partial charge is 0.358 e. The number of rotatable bonds is 2. The van der Waals surface area contributed by atoms with Crippen molar-refractivity contribution in [2.75, 3.05) is 6.54 Å². The lowest BCUT2D eigenvalue weighted by atomic mass is 9.95. The van der Waals surface area contributed by atoms with Crippen molar-refractivity contribution < 1.29 is 0 Å². The molecule has 0 spiro atoms. The van der Waals surface area contributed by atoms with Gasteiger partial charge in [0.1, 0.15) is 0 Å². The van der Waals surface area contributed by atoms with Crippen LogP contribution in [-0.2, 0) is 19.3 Å². The minimum Gasteiger partial charge on any atom is -0.358 e. The average molecular weight is 214 g/mol. The molecule has 1 aliphatic rings. The Morgan fingerprint density at radius 1 is 1.19 bits per heavy atom. The van der Waals surface area contributed by atoms with Gasteiger partial charge in [-0.15, -0.1) is 0 Å². The molecule has 0 fully saturated rings. The zero-order chi connectivity index (χ0) is 11.0. The van der Waals surface area contributed by atoms with Gasteiger partial charge in [0, 0.05) is 16.6 Å². The van der Waals surface area contributed by atoms with Crippen molar-refractivity contribution >= 4 is 10.9 Å². The van der Waals surface area contributed by atoms with E-state index in [2.05, 4.69) is 23.2 Å². The van der Waals surface area contributed by atoms with Crippen molar-refractivity contribution in [2.45, 2.75) is 32.1 Å². The first-order valence-electron chi connectivity index (χ1n) is 6.21. The first-order chi connectivity index (χ1) is 7.90. The van der Waals surface area contributed by atoms with Gasteiger partial charge in [0.25, 0.3) is 0 Å². The normalized spacial score (nSPS) is 15.3. The number of hydrogen-bond acceptors (Lipinski definition) is 1. The third-order valence-corrected chi connectivity index (χ3v) is 3.63. The quantitative estimate of drug-likeness (QED) is 0.792. The first kappa shape index (κ1) is 9.91. The molecule has 1 aliphatic carbocycles. The highest BCUT2D eigenvalue weighted by atomic mass is 14.7. The van der Waals surface area contributed by atoms with E-state index in [0.29, 0.717) is 0 Å². The lowest BCUT2D eigenvalue weighted by Crippen LogP contribution is -2.02. The molecule has 3 N–H and O–H groups in total. The van der Waals surface area contributed by atoms with Crippen LogP contribution in [0, 0.1) is 0 Å². The van der Waals surface area contributed by atoms with Crippen LogP contribution in [0.15, 0.2) is 18.2 Å². The number of nitrogens with one attached hydrogen (secondary N) is 1. The molecule has 0 amide bonds. The molecule has 2 aromatic rings. The second-order valence-electron chi connectivity index (χ2n) is 4.67. The van der Waals surface area contributed by atoms with Crippen LogP contribution < -0.4 is 5.73 Å². The number of H-pyrrole nitrogens is 1. The fraction of sp³-hybridized carbons (Fsp3) is 0.429. The molecular weight excluding hydrogens is 196 g/mol. The first-order valence-corrected chi connectivity index (χ1v) is 6.21. The summed E-state index contributed by atoms with van der Waals surface area (Å²) < 4.78 is 0. The van der Waals surface area contributed by atoms with E-state index >= 15 is 0 Å². The molecule has 0 unspecified atom stereocenters. The Bertz CT molecular complexity index is 511. The molecule has 1 aromatic heterocycles. The van der Waals surface area contributed by atoms with Crippen molar-refractivity contribution in [1.82, 2.24) is 4.98 Å². The summed E-state index contributed by atoms with van der Waals surface area (Å²) >= 11 is 0. The van der Waals surface area contributed by atoms with E-state index in [4.69, 9.17) is 5.73 Å². The molecule has 1 aromatic carbocycles. The summed E-state index contributed by atoms with van der Waals surface area (Å²) in [5.41, 5.74) is 11.4. The standard InChI is InChI=1S/C14H18N2/c15-9-8-10-4-3-6-12-11-5-1-2-7-13(11)16-14(10)12/h3-4,6,16H,1-2,5,7-9,15H2.